The van der Waals surface area contributed by atoms with E-state index in [1.165, 1.54) is 11.1 Å². The van der Waals surface area contributed by atoms with E-state index in [1.807, 2.05) is 6.07 Å². The van der Waals surface area contributed by atoms with Crippen molar-refractivity contribution in [2.75, 3.05) is 30.3 Å². The van der Waals surface area contributed by atoms with Crippen LogP contribution in [-0.2, 0) is 21.9 Å². The molecular formula is C33H41ClN2O5S. The SMILES string of the molecule is C=CCCCCS(=O)(=O)NC(=O)c1ccc2c(c1)N(C[C@@H]1CC[C@H]1[C@H](O)C=C)C[C@@]1(CCCc3cc(Cl)ccc31)CO2. The highest BCUT2D eigenvalue weighted by Crippen LogP contribution is 2.46. The number of fused-ring (bicyclic) bond motifs is 3. The molecule has 1 saturated carbocycles. The molecule has 1 spiro atoms. The van der Waals surface area contributed by atoms with Gasteiger partial charge in [0.05, 0.1) is 24.2 Å². The lowest BCUT2D eigenvalue weighted by atomic mass is 9.68. The minimum atomic E-state index is -3.77. The topological polar surface area (TPSA) is 95.9 Å². The molecule has 0 bridgehead atoms. The summed E-state index contributed by atoms with van der Waals surface area (Å²) in [4.78, 5) is 15.5. The minimum Gasteiger partial charge on any atom is -0.490 e. The van der Waals surface area contributed by atoms with E-state index in [1.54, 1.807) is 30.4 Å². The van der Waals surface area contributed by atoms with E-state index in [0.717, 1.165) is 49.2 Å². The van der Waals surface area contributed by atoms with Crippen molar-refractivity contribution in [3.05, 3.63) is 83.4 Å². The van der Waals surface area contributed by atoms with E-state index in [0.29, 0.717) is 38.3 Å². The van der Waals surface area contributed by atoms with Gasteiger partial charge in [0.25, 0.3) is 5.91 Å². The monoisotopic (exact) mass is 612 g/mol. The van der Waals surface area contributed by atoms with Crippen molar-refractivity contribution < 1.29 is 23.1 Å². The smallest absolute Gasteiger partial charge is 0.264 e. The maximum Gasteiger partial charge on any atom is 0.264 e. The summed E-state index contributed by atoms with van der Waals surface area (Å²) in [6.45, 7) is 9.30. The molecule has 5 rings (SSSR count). The van der Waals surface area contributed by atoms with Gasteiger partial charge in [-0.2, -0.15) is 0 Å². The summed E-state index contributed by atoms with van der Waals surface area (Å²) in [6, 6.07) is 11.3. The molecule has 1 amide bonds. The minimum absolute atomic E-state index is 0.118. The number of allylic oxidation sites excluding steroid dienone is 1. The van der Waals surface area contributed by atoms with Crippen LogP contribution in [0.4, 0.5) is 5.69 Å². The number of hydrogen-bond acceptors (Lipinski definition) is 6. The molecule has 2 aromatic rings. The molecule has 1 aliphatic heterocycles. The molecule has 42 heavy (non-hydrogen) atoms. The second-order valence-electron chi connectivity index (χ2n) is 12.0. The van der Waals surface area contributed by atoms with E-state index in [4.69, 9.17) is 16.3 Å². The second kappa shape index (κ2) is 12.8. The van der Waals surface area contributed by atoms with Gasteiger partial charge in [0.15, 0.2) is 0 Å². The molecule has 1 heterocycles. The van der Waals surface area contributed by atoms with Crippen molar-refractivity contribution in [3.63, 3.8) is 0 Å². The Morgan fingerprint density at radius 2 is 2.05 bits per heavy atom. The number of aryl methyl sites for hydroxylation is 1. The van der Waals surface area contributed by atoms with Crippen LogP contribution in [0.2, 0.25) is 5.02 Å². The van der Waals surface area contributed by atoms with E-state index < -0.39 is 22.0 Å². The number of unbranched alkanes of at least 4 members (excludes halogenated alkanes) is 2. The van der Waals surface area contributed by atoms with E-state index in [-0.39, 0.29) is 28.6 Å². The van der Waals surface area contributed by atoms with Crippen molar-refractivity contribution >= 4 is 33.2 Å². The fourth-order valence-electron chi connectivity index (χ4n) is 6.82. The number of hydrogen-bond donors (Lipinski definition) is 2. The van der Waals surface area contributed by atoms with Crippen molar-refractivity contribution in [3.8, 4) is 5.75 Å². The Balaban J connectivity index is 1.45. The molecule has 1 fully saturated rings. The van der Waals surface area contributed by atoms with Crippen molar-refractivity contribution in [2.24, 2.45) is 11.8 Å². The van der Waals surface area contributed by atoms with Gasteiger partial charge in [-0.3, -0.25) is 4.79 Å². The first-order chi connectivity index (χ1) is 20.1. The number of anilines is 1. The quantitative estimate of drug-likeness (QED) is 0.246. The first-order valence-corrected chi connectivity index (χ1v) is 16.9. The summed E-state index contributed by atoms with van der Waals surface area (Å²) in [7, 11) is -3.77. The van der Waals surface area contributed by atoms with Gasteiger partial charge >= 0.3 is 0 Å². The van der Waals surface area contributed by atoms with Gasteiger partial charge in [0.1, 0.15) is 5.75 Å². The summed E-state index contributed by atoms with van der Waals surface area (Å²) in [6.07, 6.45) is 9.54. The van der Waals surface area contributed by atoms with Gasteiger partial charge in [0.2, 0.25) is 10.0 Å². The first-order valence-electron chi connectivity index (χ1n) is 14.9. The lowest BCUT2D eigenvalue weighted by Gasteiger charge is -2.45. The standard InChI is InChI=1S/C33H41ClN2O5S/c1-3-5-6-7-17-42(39,40)35-32(38)24-11-15-31-29(19-24)36(20-25-10-13-27(25)30(37)4-2)21-33(22-41-31)16-8-9-23-18-26(34)12-14-28(23)33/h3-4,11-12,14-15,18-19,25,27,30,37H,1-2,5-10,13,16-17,20-22H2,(H,35,38)/t25-,27+,30+,33-/m0/s1. The number of nitrogens with one attached hydrogen (secondary N) is 1. The summed E-state index contributed by atoms with van der Waals surface area (Å²) in [5.41, 5.74) is 3.24. The van der Waals surface area contributed by atoms with E-state index in [9.17, 15) is 18.3 Å². The fourth-order valence-corrected chi connectivity index (χ4v) is 8.10. The maximum absolute atomic E-state index is 13.2. The summed E-state index contributed by atoms with van der Waals surface area (Å²) in [5.74, 6) is 0.274. The summed E-state index contributed by atoms with van der Waals surface area (Å²) >= 11 is 6.37. The summed E-state index contributed by atoms with van der Waals surface area (Å²) < 4.78 is 34.0. The van der Waals surface area contributed by atoms with Crippen LogP contribution in [0, 0.1) is 11.8 Å². The predicted molar refractivity (Wildman–Crippen MR) is 168 cm³/mol. The molecule has 7 nitrogen and oxygen atoms in total. The Kier molecular flexibility index (Phi) is 9.35. The number of rotatable bonds is 11. The number of halogens is 1. The van der Waals surface area contributed by atoms with Crippen LogP contribution in [0.5, 0.6) is 5.75 Å². The highest BCUT2D eigenvalue weighted by atomic mass is 35.5. The van der Waals surface area contributed by atoms with Crippen molar-refractivity contribution in [1.29, 1.82) is 0 Å². The molecule has 0 radical (unpaired) electrons. The second-order valence-corrected chi connectivity index (χ2v) is 14.3. The number of aliphatic hydroxyl groups is 1. The molecule has 0 unspecified atom stereocenters. The average molecular weight is 613 g/mol. The third-order valence-electron chi connectivity index (χ3n) is 9.23. The number of sulfonamides is 1. The molecule has 2 aliphatic carbocycles. The Labute approximate surface area is 254 Å². The number of carbonyl (C=O) groups is 1. The average Bonchev–Trinajstić information content (AvgIpc) is 3.10. The zero-order valence-electron chi connectivity index (χ0n) is 24.1. The zero-order chi connectivity index (χ0) is 29.9. The Morgan fingerprint density at radius 1 is 1.21 bits per heavy atom. The number of nitrogens with zero attached hydrogens (tertiary/aromatic N) is 1. The maximum atomic E-state index is 13.2. The third kappa shape index (κ3) is 6.56. The number of amides is 1. The zero-order valence-corrected chi connectivity index (χ0v) is 25.6. The van der Waals surface area contributed by atoms with E-state index in [2.05, 4.69) is 34.9 Å². The Hall–Kier alpha value is -2.81. The number of carbonyl (C=O) groups excluding carboxylic acids is 1. The van der Waals surface area contributed by atoms with Crippen LogP contribution < -0.4 is 14.4 Å². The van der Waals surface area contributed by atoms with Gasteiger partial charge in [-0.25, -0.2) is 13.1 Å². The normalized spacial score (nSPS) is 23.9. The molecule has 3 aliphatic rings. The molecule has 2 aromatic carbocycles. The van der Waals surface area contributed by atoms with Gasteiger partial charge in [-0.05, 0) is 105 Å². The van der Waals surface area contributed by atoms with Gasteiger partial charge in [-0.15, -0.1) is 13.2 Å². The summed E-state index contributed by atoms with van der Waals surface area (Å²) in [5, 5.41) is 11.3. The first kappa shape index (κ1) is 30.6. The molecule has 0 saturated heterocycles. The van der Waals surface area contributed by atoms with Crippen LogP contribution >= 0.6 is 11.6 Å². The largest absolute Gasteiger partial charge is 0.490 e. The molecule has 2 N–H and O–H groups in total. The Morgan fingerprint density at radius 3 is 2.79 bits per heavy atom. The highest BCUT2D eigenvalue weighted by Gasteiger charge is 2.44. The lowest BCUT2D eigenvalue weighted by molar-refractivity contribution is 0.0460. The third-order valence-corrected chi connectivity index (χ3v) is 10.8. The fraction of sp³-hybridized carbons (Fsp3) is 0.485. The molecular weight excluding hydrogens is 572 g/mol. The van der Waals surface area contributed by atoms with Crippen LogP contribution in [-0.4, -0.2) is 51.0 Å². The Bertz CT molecular complexity index is 1440. The van der Waals surface area contributed by atoms with Gasteiger partial charge in [0, 0.05) is 29.1 Å². The van der Waals surface area contributed by atoms with Crippen LogP contribution in [0.25, 0.3) is 0 Å². The van der Waals surface area contributed by atoms with Crippen LogP contribution in [0.1, 0.15) is 66.4 Å². The predicted octanol–water partition coefficient (Wildman–Crippen LogP) is 5.80. The molecule has 0 aromatic heterocycles. The van der Waals surface area contributed by atoms with Gasteiger partial charge < -0.3 is 14.7 Å². The van der Waals surface area contributed by atoms with E-state index >= 15 is 0 Å². The molecule has 4 atom stereocenters. The number of aliphatic hydroxyl groups excluding tert-OH is 1. The highest BCUT2D eigenvalue weighted by molar-refractivity contribution is 7.90. The number of ether oxygens (including phenoxy) is 1. The van der Waals surface area contributed by atoms with Gasteiger partial charge in [-0.1, -0.05) is 29.8 Å². The van der Waals surface area contributed by atoms with Crippen LogP contribution in [0.3, 0.4) is 0 Å². The van der Waals surface area contributed by atoms with Crippen molar-refractivity contribution in [1.82, 2.24) is 4.72 Å². The number of benzene rings is 2. The lowest BCUT2D eigenvalue weighted by Crippen LogP contribution is -2.49. The van der Waals surface area contributed by atoms with Crippen LogP contribution in [0.15, 0.2) is 61.7 Å². The van der Waals surface area contributed by atoms with Crippen molar-refractivity contribution in [2.45, 2.75) is 62.9 Å². The molecule has 226 valence electrons. The molecule has 9 heteroatoms.